The number of hydrogen-bond donors (Lipinski definition) is 1. The summed E-state index contributed by atoms with van der Waals surface area (Å²) < 4.78 is 0. The van der Waals surface area contributed by atoms with Crippen LogP contribution < -0.4 is 0 Å². The van der Waals surface area contributed by atoms with Gasteiger partial charge in [0.15, 0.2) is 0 Å². The van der Waals surface area contributed by atoms with Gasteiger partial charge in [0.25, 0.3) is 5.69 Å². The van der Waals surface area contributed by atoms with Crippen molar-refractivity contribution in [1.82, 2.24) is 4.90 Å². The summed E-state index contributed by atoms with van der Waals surface area (Å²) in [5, 5.41) is 20.9. The molecule has 1 aliphatic carbocycles. The molecule has 0 radical (unpaired) electrons. The third kappa shape index (κ3) is 2.35. The van der Waals surface area contributed by atoms with E-state index in [-0.39, 0.29) is 16.7 Å². The molecule has 3 unspecified atom stereocenters. The molecule has 1 heterocycles. The van der Waals surface area contributed by atoms with Crippen molar-refractivity contribution in [2.45, 2.75) is 25.5 Å². The molecule has 0 spiro atoms. The van der Waals surface area contributed by atoms with Crippen molar-refractivity contribution in [3.05, 3.63) is 39.9 Å². The summed E-state index contributed by atoms with van der Waals surface area (Å²) in [6.45, 7) is 2.42. The Morgan fingerprint density at radius 1 is 1.32 bits per heavy atom. The molecule has 102 valence electrons. The van der Waals surface area contributed by atoms with E-state index in [9.17, 15) is 15.2 Å². The smallest absolute Gasteiger partial charge is 0.273 e. The zero-order chi connectivity index (χ0) is 13.4. The van der Waals surface area contributed by atoms with E-state index in [2.05, 4.69) is 4.90 Å². The number of likely N-dealkylation sites (tertiary alicyclic amines) is 1. The lowest BCUT2D eigenvalue weighted by atomic mass is 10.00. The van der Waals surface area contributed by atoms with Crippen LogP contribution in [0.2, 0.25) is 0 Å². The molecule has 1 aromatic carbocycles. The highest BCUT2D eigenvalue weighted by Gasteiger charge is 2.41. The Bertz CT molecular complexity index is 491. The van der Waals surface area contributed by atoms with Crippen molar-refractivity contribution in [2.75, 3.05) is 13.1 Å². The van der Waals surface area contributed by atoms with Crippen LogP contribution in [0.1, 0.15) is 18.4 Å². The van der Waals surface area contributed by atoms with Gasteiger partial charge in [-0.2, -0.15) is 0 Å². The summed E-state index contributed by atoms with van der Waals surface area (Å²) in [5.41, 5.74) is 0.960. The fraction of sp³-hybridized carbons (Fsp3) is 0.571. The molecule has 0 aromatic heterocycles. The molecule has 0 amide bonds. The van der Waals surface area contributed by atoms with Gasteiger partial charge in [-0.3, -0.25) is 15.0 Å². The second-order valence-electron chi connectivity index (χ2n) is 5.65. The first-order chi connectivity index (χ1) is 9.15. The van der Waals surface area contributed by atoms with E-state index in [1.807, 2.05) is 12.1 Å². The summed E-state index contributed by atoms with van der Waals surface area (Å²) in [5.74, 6) is 0.931. The van der Waals surface area contributed by atoms with Gasteiger partial charge >= 0.3 is 0 Å². The minimum absolute atomic E-state index is 0.180. The molecule has 5 nitrogen and oxygen atoms in total. The van der Waals surface area contributed by atoms with Crippen LogP contribution in [0.4, 0.5) is 5.69 Å². The maximum absolute atomic E-state index is 11.0. The van der Waals surface area contributed by atoms with E-state index in [0.717, 1.165) is 31.5 Å². The van der Waals surface area contributed by atoms with Crippen molar-refractivity contribution < 1.29 is 10.0 Å². The van der Waals surface area contributed by atoms with E-state index in [1.165, 1.54) is 0 Å². The Morgan fingerprint density at radius 3 is 2.84 bits per heavy atom. The second kappa shape index (κ2) is 4.90. The number of aliphatic hydroxyl groups excluding tert-OH is 1. The van der Waals surface area contributed by atoms with Gasteiger partial charge in [0.1, 0.15) is 0 Å². The molecule has 1 N–H and O–H groups in total. The molecular weight excluding hydrogens is 244 g/mol. The molecule has 3 rings (SSSR count). The summed E-state index contributed by atoms with van der Waals surface area (Å²) in [4.78, 5) is 12.9. The summed E-state index contributed by atoms with van der Waals surface area (Å²) >= 11 is 0. The van der Waals surface area contributed by atoms with Gasteiger partial charge in [0, 0.05) is 37.2 Å². The lowest BCUT2D eigenvalue weighted by Crippen LogP contribution is -2.24. The largest absolute Gasteiger partial charge is 0.393 e. The van der Waals surface area contributed by atoms with E-state index >= 15 is 0 Å². The van der Waals surface area contributed by atoms with Gasteiger partial charge < -0.3 is 5.11 Å². The molecule has 1 saturated carbocycles. The van der Waals surface area contributed by atoms with Gasteiger partial charge in [0.2, 0.25) is 0 Å². The van der Waals surface area contributed by atoms with E-state index in [4.69, 9.17) is 0 Å². The molecule has 2 aliphatic rings. The zero-order valence-corrected chi connectivity index (χ0v) is 10.7. The predicted octanol–water partition coefficient (Wildman–Crippen LogP) is 1.80. The van der Waals surface area contributed by atoms with Crippen molar-refractivity contribution in [3.8, 4) is 0 Å². The predicted molar refractivity (Wildman–Crippen MR) is 70.6 cm³/mol. The number of nitro benzene ring substituents is 1. The van der Waals surface area contributed by atoms with Crippen LogP contribution in [0.5, 0.6) is 0 Å². The SMILES string of the molecule is O=[N+]([O-])c1ccccc1CN1CC2CCC(O)C2C1. The molecule has 19 heavy (non-hydrogen) atoms. The maximum atomic E-state index is 11.0. The third-order valence-electron chi connectivity index (χ3n) is 4.48. The lowest BCUT2D eigenvalue weighted by molar-refractivity contribution is -0.385. The minimum atomic E-state index is -0.318. The topological polar surface area (TPSA) is 66.6 Å². The number of para-hydroxylation sites is 1. The molecule has 1 saturated heterocycles. The number of fused-ring (bicyclic) bond motifs is 1. The van der Waals surface area contributed by atoms with Crippen molar-refractivity contribution in [2.24, 2.45) is 11.8 Å². The lowest BCUT2D eigenvalue weighted by Gasteiger charge is -2.17. The highest BCUT2D eigenvalue weighted by molar-refractivity contribution is 5.39. The number of aliphatic hydroxyl groups is 1. The van der Waals surface area contributed by atoms with Crippen LogP contribution in [0.15, 0.2) is 24.3 Å². The average Bonchev–Trinajstić information content (AvgIpc) is 2.92. The summed E-state index contributed by atoms with van der Waals surface area (Å²) in [6, 6.07) is 6.92. The van der Waals surface area contributed by atoms with E-state index in [1.54, 1.807) is 12.1 Å². The van der Waals surface area contributed by atoms with Crippen molar-refractivity contribution in [3.63, 3.8) is 0 Å². The number of nitrogens with zero attached hydrogens (tertiary/aromatic N) is 2. The third-order valence-corrected chi connectivity index (χ3v) is 4.48. The van der Waals surface area contributed by atoms with Crippen LogP contribution in [-0.4, -0.2) is 34.1 Å². The van der Waals surface area contributed by atoms with Crippen LogP contribution in [-0.2, 0) is 6.54 Å². The van der Waals surface area contributed by atoms with Gasteiger partial charge in [0.05, 0.1) is 11.0 Å². The summed E-state index contributed by atoms with van der Waals surface area (Å²) in [7, 11) is 0. The first-order valence-electron chi connectivity index (χ1n) is 6.78. The number of benzene rings is 1. The van der Waals surface area contributed by atoms with Gasteiger partial charge in [-0.25, -0.2) is 0 Å². The van der Waals surface area contributed by atoms with Crippen LogP contribution in [0, 0.1) is 22.0 Å². The molecule has 3 atom stereocenters. The molecule has 1 aliphatic heterocycles. The quantitative estimate of drug-likeness (QED) is 0.666. The number of rotatable bonds is 3. The number of nitro groups is 1. The van der Waals surface area contributed by atoms with Gasteiger partial charge in [-0.1, -0.05) is 18.2 Å². The Morgan fingerprint density at radius 2 is 2.11 bits per heavy atom. The highest BCUT2D eigenvalue weighted by atomic mass is 16.6. The standard InChI is InChI=1S/C14H18N2O3/c17-14-6-5-10-7-15(9-12(10)14)8-11-3-1-2-4-13(11)16(18)19/h1-4,10,12,14,17H,5-9H2. The van der Waals surface area contributed by atoms with Gasteiger partial charge in [-0.05, 0) is 18.8 Å². The minimum Gasteiger partial charge on any atom is -0.393 e. The van der Waals surface area contributed by atoms with Crippen LogP contribution in [0.3, 0.4) is 0 Å². The van der Waals surface area contributed by atoms with E-state index in [0.29, 0.717) is 18.4 Å². The second-order valence-corrected chi connectivity index (χ2v) is 5.65. The fourth-order valence-electron chi connectivity index (χ4n) is 3.52. The van der Waals surface area contributed by atoms with Crippen LogP contribution in [0.25, 0.3) is 0 Å². The fourth-order valence-corrected chi connectivity index (χ4v) is 3.52. The van der Waals surface area contributed by atoms with Crippen molar-refractivity contribution >= 4 is 5.69 Å². The monoisotopic (exact) mass is 262 g/mol. The Balaban J connectivity index is 1.72. The van der Waals surface area contributed by atoms with Gasteiger partial charge in [-0.15, -0.1) is 0 Å². The zero-order valence-electron chi connectivity index (χ0n) is 10.7. The molecular formula is C14H18N2O3. The highest BCUT2D eigenvalue weighted by Crippen LogP contribution is 2.38. The maximum Gasteiger partial charge on any atom is 0.273 e. The molecule has 2 fully saturated rings. The normalized spacial score (nSPS) is 30.5. The average molecular weight is 262 g/mol. The molecule has 5 heteroatoms. The Hall–Kier alpha value is -1.46. The van der Waals surface area contributed by atoms with E-state index < -0.39 is 0 Å². The molecule has 0 bridgehead atoms. The number of hydrogen-bond acceptors (Lipinski definition) is 4. The first-order valence-corrected chi connectivity index (χ1v) is 6.78. The van der Waals surface area contributed by atoms with Crippen LogP contribution >= 0.6 is 0 Å². The first kappa shape index (κ1) is 12.6. The summed E-state index contributed by atoms with van der Waals surface area (Å²) in [6.07, 6.45) is 1.81. The Kier molecular flexibility index (Phi) is 3.24. The molecule has 1 aromatic rings. The van der Waals surface area contributed by atoms with Crippen molar-refractivity contribution in [1.29, 1.82) is 0 Å². The Labute approximate surface area is 112 Å².